The number of aromatic nitrogens is 4. The Balaban J connectivity index is 1.68. The lowest BCUT2D eigenvalue weighted by Gasteiger charge is -2.11. The maximum absolute atomic E-state index is 12.1. The van der Waals surface area contributed by atoms with Crippen LogP contribution in [0, 0.1) is 0 Å². The summed E-state index contributed by atoms with van der Waals surface area (Å²) in [5.74, 6) is 0.554. The first kappa shape index (κ1) is 18.4. The van der Waals surface area contributed by atoms with Gasteiger partial charge in [0.25, 0.3) is 0 Å². The quantitative estimate of drug-likeness (QED) is 0.460. The van der Waals surface area contributed by atoms with Crippen LogP contribution < -0.4 is 16.0 Å². The second kappa shape index (κ2) is 8.35. The fraction of sp³-hybridized carbons (Fsp3) is 0.562. The Labute approximate surface area is 155 Å². The summed E-state index contributed by atoms with van der Waals surface area (Å²) in [5.41, 5.74) is 0.742. The van der Waals surface area contributed by atoms with Crippen LogP contribution in [0.4, 0.5) is 5.82 Å². The zero-order chi connectivity index (χ0) is 18.5. The molecule has 0 aliphatic carbocycles. The Morgan fingerprint density at radius 3 is 2.96 bits per heavy atom. The summed E-state index contributed by atoms with van der Waals surface area (Å²) in [4.78, 5) is 32.3. The molecule has 0 radical (unpaired) electrons. The number of carbonyl (C=O) groups is 2. The van der Waals surface area contributed by atoms with Gasteiger partial charge in [0.15, 0.2) is 10.8 Å². The molecule has 1 aliphatic rings. The minimum Gasteiger partial charge on any atom is -0.369 e. The zero-order valence-corrected chi connectivity index (χ0v) is 15.7. The maximum Gasteiger partial charge on any atom is 0.242 e. The van der Waals surface area contributed by atoms with Gasteiger partial charge < -0.3 is 16.0 Å². The Kier molecular flexibility index (Phi) is 5.92. The maximum atomic E-state index is 12.1. The smallest absolute Gasteiger partial charge is 0.242 e. The first-order valence-corrected chi connectivity index (χ1v) is 9.93. The van der Waals surface area contributed by atoms with Crippen LogP contribution in [-0.2, 0) is 16.1 Å². The molecule has 10 heteroatoms. The Bertz CT molecular complexity index is 807. The van der Waals surface area contributed by atoms with Gasteiger partial charge in [0.2, 0.25) is 11.8 Å². The summed E-state index contributed by atoms with van der Waals surface area (Å²) in [6, 6.07) is -0.424. The normalized spacial score (nSPS) is 16.7. The molecular formula is C16H23N7O2S. The van der Waals surface area contributed by atoms with E-state index >= 15 is 0 Å². The average Bonchev–Trinajstić information content (AvgIpc) is 3.26. The molecule has 1 aliphatic heterocycles. The van der Waals surface area contributed by atoms with Crippen molar-refractivity contribution in [3.63, 3.8) is 0 Å². The Hall–Kier alpha value is -2.36. The molecule has 3 rings (SSSR count). The van der Waals surface area contributed by atoms with E-state index in [1.807, 2.05) is 6.26 Å². The molecule has 1 atom stereocenters. The third-order valence-corrected chi connectivity index (χ3v) is 4.68. The van der Waals surface area contributed by atoms with Crippen LogP contribution in [0.2, 0.25) is 0 Å². The highest BCUT2D eigenvalue weighted by Gasteiger charge is 2.26. The monoisotopic (exact) mass is 377 g/mol. The van der Waals surface area contributed by atoms with E-state index in [1.54, 1.807) is 10.9 Å². The molecule has 140 valence electrons. The molecule has 2 amide bonds. The molecule has 3 N–H and O–H groups in total. The van der Waals surface area contributed by atoms with Gasteiger partial charge in [-0.05, 0) is 19.1 Å². The van der Waals surface area contributed by atoms with Crippen molar-refractivity contribution in [2.24, 2.45) is 0 Å². The lowest BCUT2D eigenvalue weighted by molar-refractivity contribution is -0.125. The largest absolute Gasteiger partial charge is 0.369 e. The number of thioether (sulfide) groups is 1. The van der Waals surface area contributed by atoms with E-state index in [0.29, 0.717) is 31.1 Å². The van der Waals surface area contributed by atoms with Gasteiger partial charge in [0, 0.05) is 19.5 Å². The summed E-state index contributed by atoms with van der Waals surface area (Å²) < 4.78 is 1.77. The summed E-state index contributed by atoms with van der Waals surface area (Å²) in [5, 5.41) is 14.8. The van der Waals surface area contributed by atoms with Crippen molar-refractivity contribution in [1.29, 1.82) is 0 Å². The number of amides is 2. The first-order chi connectivity index (χ1) is 12.6. The predicted molar refractivity (Wildman–Crippen MR) is 100 cm³/mol. The molecule has 0 spiro atoms. The number of anilines is 1. The third-order valence-electron chi connectivity index (χ3n) is 4.14. The van der Waals surface area contributed by atoms with Crippen molar-refractivity contribution in [2.75, 3.05) is 24.7 Å². The number of rotatable bonds is 8. The highest BCUT2D eigenvalue weighted by Crippen LogP contribution is 2.23. The molecule has 26 heavy (non-hydrogen) atoms. The minimum atomic E-state index is -0.424. The molecule has 3 heterocycles. The number of nitrogens with one attached hydrogen (secondary N) is 3. The van der Waals surface area contributed by atoms with Crippen molar-refractivity contribution in [1.82, 2.24) is 30.4 Å². The van der Waals surface area contributed by atoms with E-state index in [2.05, 4.69) is 37.9 Å². The molecule has 2 aromatic heterocycles. The van der Waals surface area contributed by atoms with Crippen molar-refractivity contribution in [3.05, 3.63) is 6.20 Å². The highest BCUT2D eigenvalue weighted by atomic mass is 32.2. The Morgan fingerprint density at radius 1 is 1.42 bits per heavy atom. The minimum absolute atomic E-state index is 0.0726. The molecule has 1 saturated heterocycles. The summed E-state index contributed by atoms with van der Waals surface area (Å²) in [6.07, 6.45) is 5.63. The molecule has 0 saturated carbocycles. The van der Waals surface area contributed by atoms with Crippen LogP contribution in [0.3, 0.4) is 0 Å². The van der Waals surface area contributed by atoms with Gasteiger partial charge in [0.05, 0.1) is 18.1 Å². The summed E-state index contributed by atoms with van der Waals surface area (Å²) in [7, 11) is 0. The van der Waals surface area contributed by atoms with Gasteiger partial charge in [-0.1, -0.05) is 18.7 Å². The van der Waals surface area contributed by atoms with Crippen LogP contribution in [-0.4, -0.2) is 56.9 Å². The van der Waals surface area contributed by atoms with E-state index in [0.717, 1.165) is 29.8 Å². The molecule has 0 bridgehead atoms. The number of carbonyl (C=O) groups excluding carboxylic acids is 2. The standard InChI is InChI=1S/C16H23N7O2S/c1-3-6-17-13-10-9-19-23(14(10)22-16(21-13)26-2)8-7-18-15(25)11-4-5-12(24)20-11/h9,11H,3-8H2,1-2H3,(H,18,25)(H,20,24)(H,17,21,22). The molecule has 9 nitrogen and oxygen atoms in total. The van der Waals surface area contributed by atoms with Gasteiger partial charge >= 0.3 is 0 Å². The van der Waals surface area contributed by atoms with Crippen LogP contribution in [0.25, 0.3) is 11.0 Å². The predicted octanol–water partition coefficient (Wildman–Crippen LogP) is 0.765. The molecule has 1 unspecified atom stereocenters. The van der Waals surface area contributed by atoms with E-state index in [-0.39, 0.29) is 11.8 Å². The third kappa shape index (κ3) is 4.06. The number of hydrogen-bond acceptors (Lipinski definition) is 7. The number of fused-ring (bicyclic) bond motifs is 1. The van der Waals surface area contributed by atoms with Crippen molar-refractivity contribution >= 4 is 40.4 Å². The first-order valence-electron chi connectivity index (χ1n) is 8.71. The fourth-order valence-electron chi connectivity index (χ4n) is 2.79. The van der Waals surface area contributed by atoms with Gasteiger partial charge in [-0.2, -0.15) is 5.10 Å². The number of hydrogen-bond donors (Lipinski definition) is 3. The average molecular weight is 377 g/mol. The number of nitrogens with zero attached hydrogens (tertiary/aromatic N) is 4. The molecule has 0 aromatic carbocycles. The van der Waals surface area contributed by atoms with Crippen LogP contribution in [0.1, 0.15) is 26.2 Å². The van der Waals surface area contributed by atoms with E-state index in [4.69, 9.17) is 0 Å². The van der Waals surface area contributed by atoms with Gasteiger partial charge in [-0.25, -0.2) is 14.6 Å². The topological polar surface area (TPSA) is 114 Å². The van der Waals surface area contributed by atoms with Gasteiger partial charge in [0.1, 0.15) is 11.9 Å². The van der Waals surface area contributed by atoms with Crippen LogP contribution >= 0.6 is 11.8 Å². The highest BCUT2D eigenvalue weighted by molar-refractivity contribution is 7.98. The second-order valence-corrected chi connectivity index (χ2v) is 6.81. The van der Waals surface area contributed by atoms with Crippen molar-refractivity contribution in [3.8, 4) is 0 Å². The summed E-state index contributed by atoms with van der Waals surface area (Å²) in [6.45, 7) is 3.83. The zero-order valence-electron chi connectivity index (χ0n) is 14.9. The lowest BCUT2D eigenvalue weighted by atomic mass is 10.2. The molecule has 2 aromatic rings. The van der Waals surface area contributed by atoms with Gasteiger partial charge in [-0.3, -0.25) is 9.59 Å². The van der Waals surface area contributed by atoms with E-state index in [9.17, 15) is 9.59 Å². The Morgan fingerprint density at radius 2 is 2.27 bits per heavy atom. The van der Waals surface area contributed by atoms with Gasteiger partial charge in [-0.15, -0.1) is 0 Å². The second-order valence-electron chi connectivity index (χ2n) is 6.04. The fourth-order valence-corrected chi connectivity index (χ4v) is 3.15. The van der Waals surface area contributed by atoms with Crippen LogP contribution in [0.5, 0.6) is 0 Å². The summed E-state index contributed by atoms with van der Waals surface area (Å²) >= 11 is 1.48. The van der Waals surface area contributed by atoms with E-state index in [1.165, 1.54) is 11.8 Å². The van der Waals surface area contributed by atoms with Crippen molar-refractivity contribution in [2.45, 2.75) is 43.9 Å². The van der Waals surface area contributed by atoms with Crippen LogP contribution in [0.15, 0.2) is 11.4 Å². The van der Waals surface area contributed by atoms with E-state index < -0.39 is 6.04 Å². The van der Waals surface area contributed by atoms with Crippen molar-refractivity contribution < 1.29 is 9.59 Å². The molecule has 1 fully saturated rings. The SMILES string of the molecule is CCCNc1nc(SC)nc2c1cnn2CCNC(=O)C1CCC(=O)N1. The molecular weight excluding hydrogens is 354 g/mol. The lowest BCUT2D eigenvalue weighted by Crippen LogP contribution is -2.42.